The lowest BCUT2D eigenvalue weighted by molar-refractivity contribution is -0.135. The Morgan fingerprint density at radius 1 is 1.22 bits per heavy atom. The van der Waals surface area contributed by atoms with Crippen LogP contribution in [0, 0.1) is 0 Å². The molecule has 27 heavy (non-hydrogen) atoms. The summed E-state index contributed by atoms with van der Waals surface area (Å²) in [6.07, 6.45) is 1.68. The molecule has 1 aliphatic rings. The summed E-state index contributed by atoms with van der Waals surface area (Å²) in [6.45, 7) is 0.295. The van der Waals surface area contributed by atoms with Crippen LogP contribution in [0.4, 0.5) is 0 Å². The van der Waals surface area contributed by atoms with Gasteiger partial charge in [-0.1, -0.05) is 11.6 Å². The summed E-state index contributed by atoms with van der Waals surface area (Å²) < 4.78 is 16.4. The number of amides is 1. The molecular weight excluding hydrogens is 390 g/mol. The highest BCUT2D eigenvalue weighted by Crippen LogP contribution is 2.39. The molecule has 0 spiro atoms. The zero-order valence-electron chi connectivity index (χ0n) is 15.1. The summed E-state index contributed by atoms with van der Waals surface area (Å²) in [5.74, 6) is 0.616. The zero-order valence-corrected chi connectivity index (χ0v) is 16.6. The van der Waals surface area contributed by atoms with Crippen LogP contribution in [0.5, 0.6) is 11.5 Å². The summed E-state index contributed by atoms with van der Waals surface area (Å²) in [6, 6.07) is 8.59. The number of hydrogen-bond acceptors (Lipinski definition) is 6. The molecular formula is C19H20ClNO5S. The van der Waals surface area contributed by atoms with Gasteiger partial charge in [-0.25, -0.2) is 4.79 Å². The van der Waals surface area contributed by atoms with Crippen LogP contribution >= 0.6 is 22.9 Å². The lowest BCUT2D eigenvalue weighted by Crippen LogP contribution is -2.34. The van der Waals surface area contributed by atoms with E-state index in [9.17, 15) is 9.59 Å². The number of methoxy groups -OCH3 is 2. The maximum atomic E-state index is 12.7. The van der Waals surface area contributed by atoms with Gasteiger partial charge in [0.1, 0.15) is 16.4 Å². The molecule has 0 N–H and O–H groups in total. The van der Waals surface area contributed by atoms with E-state index in [1.165, 1.54) is 0 Å². The van der Waals surface area contributed by atoms with Crippen molar-refractivity contribution < 1.29 is 23.8 Å². The summed E-state index contributed by atoms with van der Waals surface area (Å²) >= 11 is 6.95. The van der Waals surface area contributed by atoms with Crippen molar-refractivity contribution in [1.82, 2.24) is 4.90 Å². The molecule has 2 heterocycles. The fraction of sp³-hybridized carbons (Fsp3) is 0.368. The van der Waals surface area contributed by atoms with Gasteiger partial charge in [-0.2, -0.15) is 0 Å². The van der Waals surface area contributed by atoms with Gasteiger partial charge in [0.25, 0.3) is 5.91 Å². The van der Waals surface area contributed by atoms with E-state index >= 15 is 0 Å². The monoisotopic (exact) mass is 409 g/mol. The number of rotatable bonds is 6. The molecule has 1 aromatic carbocycles. The number of hydrogen-bond donors (Lipinski definition) is 0. The molecule has 3 rings (SSSR count). The number of carbonyl (C=O) groups excluding carboxylic acids is 2. The molecule has 0 saturated carbocycles. The van der Waals surface area contributed by atoms with E-state index in [4.69, 9.17) is 25.8 Å². The Kier molecular flexibility index (Phi) is 6.23. The van der Waals surface area contributed by atoms with E-state index < -0.39 is 5.97 Å². The fourth-order valence-corrected chi connectivity index (χ4v) is 4.13. The first-order valence-electron chi connectivity index (χ1n) is 8.47. The predicted molar refractivity (Wildman–Crippen MR) is 103 cm³/mol. The van der Waals surface area contributed by atoms with Crippen LogP contribution in [0.2, 0.25) is 4.34 Å². The minimum absolute atomic E-state index is 0.141. The third-order valence-electron chi connectivity index (χ3n) is 4.47. The Morgan fingerprint density at radius 3 is 2.70 bits per heavy atom. The van der Waals surface area contributed by atoms with E-state index in [2.05, 4.69) is 0 Å². The molecule has 1 aliphatic heterocycles. The largest absolute Gasteiger partial charge is 0.497 e. The van der Waals surface area contributed by atoms with Crippen LogP contribution in [-0.2, 0) is 9.53 Å². The standard InChI is InChI=1S/C19H20ClNO5S/c1-24-12-5-6-15(25-2)13(10-12)14-4-3-9-21(14)18(22)11-26-19(23)16-7-8-17(20)27-16/h5-8,10,14H,3-4,9,11H2,1-2H3/t14-/m1/s1. The van der Waals surface area contributed by atoms with Crippen molar-refractivity contribution in [3.8, 4) is 11.5 Å². The van der Waals surface area contributed by atoms with Crippen LogP contribution < -0.4 is 9.47 Å². The SMILES string of the molecule is COc1ccc(OC)c([C@H]2CCCN2C(=O)COC(=O)c2ccc(Cl)s2)c1. The number of nitrogens with zero attached hydrogens (tertiary/aromatic N) is 1. The topological polar surface area (TPSA) is 65.1 Å². The molecule has 1 amide bonds. The minimum Gasteiger partial charge on any atom is -0.497 e. The van der Waals surface area contributed by atoms with Crippen molar-refractivity contribution >= 4 is 34.8 Å². The number of ether oxygens (including phenoxy) is 3. The molecule has 144 valence electrons. The Morgan fingerprint density at radius 2 is 2.04 bits per heavy atom. The summed E-state index contributed by atoms with van der Waals surface area (Å²) in [5, 5.41) is 0. The van der Waals surface area contributed by atoms with Crippen LogP contribution in [0.3, 0.4) is 0 Å². The molecule has 1 atom stereocenters. The Labute approximate surface area is 166 Å². The van der Waals surface area contributed by atoms with E-state index in [1.54, 1.807) is 31.3 Å². The highest BCUT2D eigenvalue weighted by atomic mass is 35.5. The third-order valence-corrected chi connectivity index (χ3v) is 5.68. The smallest absolute Gasteiger partial charge is 0.348 e. The maximum absolute atomic E-state index is 12.7. The van der Waals surface area contributed by atoms with Crippen LogP contribution in [0.25, 0.3) is 0 Å². The lowest BCUT2D eigenvalue weighted by Gasteiger charge is -2.26. The first-order chi connectivity index (χ1) is 13.0. The molecule has 6 nitrogen and oxygen atoms in total. The molecule has 1 saturated heterocycles. The highest BCUT2D eigenvalue weighted by Gasteiger charge is 2.32. The molecule has 1 fully saturated rings. The number of carbonyl (C=O) groups is 2. The highest BCUT2D eigenvalue weighted by molar-refractivity contribution is 7.17. The molecule has 2 aromatic rings. The van der Waals surface area contributed by atoms with E-state index in [-0.39, 0.29) is 18.6 Å². The average molecular weight is 410 g/mol. The van der Waals surface area contributed by atoms with E-state index in [0.29, 0.717) is 27.3 Å². The van der Waals surface area contributed by atoms with Gasteiger partial charge in [0.2, 0.25) is 0 Å². The van der Waals surface area contributed by atoms with Gasteiger partial charge in [0.15, 0.2) is 6.61 Å². The molecule has 1 aromatic heterocycles. The van der Waals surface area contributed by atoms with Crippen molar-refractivity contribution in [1.29, 1.82) is 0 Å². The molecule has 0 unspecified atom stereocenters. The van der Waals surface area contributed by atoms with Crippen molar-refractivity contribution in [2.45, 2.75) is 18.9 Å². The van der Waals surface area contributed by atoms with Crippen molar-refractivity contribution in [2.24, 2.45) is 0 Å². The average Bonchev–Trinajstić information content (AvgIpc) is 3.34. The number of likely N-dealkylation sites (tertiary alicyclic amines) is 1. The molecule has 8 heteroatoms. The number of esters is 1. The van der Waals surface area contributed by atoms with Crippen molar-refractivity contribution in [3.05, 3.63) is 45.1 Å². The predicted octanol–water partition coefficient (Wildman–Crippen LogP) is 3.94. The zero-order chi connectivity index (χ0) is 19.4. The summed E-state index contributed by atoms with van der Waals surface area (Å²) in [7, 11) is 3.19. The second-order valence-corrected chi connectivity index (χ2v) is 7.75. The van der Waals surface area contributed by atoms with Gasteiger partial charge in [-0.3, -0.25) is 4.79 Å². The van der Waals surface area contributed by atoms with Gasteiger partial charge >= 0.3 is 5.97 Å². The molecule has 0 bridgehead atoms. The van der Waals surface area contributed by atoms with Gasteiger partial charge in [0.05, 0.1) is 24.6 Å². The second kappa shape index (κ2) is 8.63. The van der Waals surface area contributed by atoms with Gasteiger partial charge in [0, 0.05) is 12.1 Å². The van der Waals surface area contributed by atoms with Gasteiger partial charge in [-0.05, 0) is 43.2 Å². The van der Waals surface area contributed by atoms with Crippen LogP contribution in [0.15, 0.2) is 30.3 Å². The van der Waals surface area contributed by atoms with Gasteiger partial charge in [-0.15, -0.1) is 11.3 Å². The normalized spacial score (nSPS) is 16.3. The van der Waals surface area contributed by atoms with Gasteiger partial charge < -0.3 is 19.1 Å². The first kappa shape index (κ1) is 19.5. The number of thiophene rings is 1. The second-order valence-electron chi connectivity index (χ2n) is 6.03. The fourth-order valence-electron chi connectivity index (χ4n) is 3.19. The Hall–Kier alpha value is -2.25. The van der Waals surface area contributed by atoms with Crippen LogP contribution in [-0.4, -0.2) is 44.1 Å². The summed E-state index contributed by atoms with van der Waals surface area (Å²) in [5.41, 5.74) is 0.888. The van der Waals surface area contributed by atoms with E-state index in [0.717, 1.165) is 29.7 Å². The van der Waals surface area contributed by atoms with Crippen LogP contribution in [0.1, 0.15) is 34.1 Å². The van der Waals surface area contributed by atoms with E-state index in [1.807, 2.05) is 18.2 Å². The Bertz CT molecular complexity index is 837. The summed E-state index contributed by atoms with van der Waals surface area (Å²) in [4.78, 5) is 26.8. The minimum atomic E-state index is -0.546. The third kappa shape index (κ3) is 4.36. The van der Waals surface area contributed by atoms with Crippen molar-refractivity contribution in [3.63, 3.8) is 0 Å². The first-order valence-corrected chi connectivity index (χ1v) is 9.66. The van der Waals surface area contributed by atoms with Crippen molar-refractivity contribution in [2.75, 3.05) is 27.4 Å². The number of benzene rings is 1. The Balaban J connectivity index is 1.70. The quantitative estimate of drug-likeness (QED) is 0.676. The number of halogens is 1. The molecule has 0 radical (unpaired) electrons. The maximum Gasteiger partial charge on any atom is 0.348 e. The molecule has 0 aliphatic carbocycles. The lowest BCUT2D eigenvalue weighted by atomic mass is 10.0.